The van der Waals surface area contributed by atoms with Crippen molar-refractivity contribution in [1.29, 1.82) is 0 Å². The molecule has 0 spiro atoms. The van der Waals surface area contributed by atoms with Crippen molar-refractivity contribution in [3.63, 3.8) is 0 Å². The second kappa shape index (κ2) is 4.84. The smallest absolute Gasteiger partial charge is 0.269 e. The second-order valence-electron chi connectivity index (χ2n) is 3.89. The lowest BCUT2D eigenvalue weighted by Crippen LogP contribution is -2.32. The van der Waals surface area contributed by atoms with Gasteiger partial charge in [-0.1, -0.05) is 12.1 Å². The molecule has 0 aliphatic carbocycles. The summed E-state index contributed by atoms with van der Waals surface area (Å²) >= 11 is 0. The Labute approximate surface area is 107 Å². The van der Waals surface area contributed by atoms with Crippen molar-refractivity contribution in [1.82, 2.24) is 10.2 Å². The summed E-state index contributed by atoms with van der Waals surface area (Å²) in [5.74, 6) is -1.86. The third kappa shape index (κ3) is 2.57. The van der Waals surface area contributed by atoms with Crippen LogP contribution < -0.4 is 5.32 Å². The first-order chi connectivity index (χ1) is 8.99. The topological polar surface area (TPSA) is 110 Å². The zero-order valence-corrected chi connectivity index (χ0v) is 9.66. The second-order valence-corrected chi connectivity index (χ2v) is 3.89. The summed E-state index contributed by atoms with van der Waals surface area (Å²) in [5.41, 5.74) is 0.542. The summed E-state index contributed by atoms with van der Waals surface area (Å²) in [4.78, 5) is 44.3. The van der Waals surface area contributed by atoms with Crippen molar-refractivity contribution in [2.24, 2.45) is 0 Å². The maximum atomic E-state index is 11.3. The van der Waals surface area contributed by atoms with Gasteiger partial charge in [-0.15, -0.1) is 0 Å². The van der Waals surface area contributed by atoms with E-state index in [9.17, 15) is 24.5 Å². The Morgan fingerprint density at radius 3 is 2.58 bits per heavy atom. The monoisotopic (exact) mass is 263 g/mol. The molecular formula is C11H9N3O5. The lowest BCUT2D eigenvalue weighted by molar-refractivity contribution is -0.384. The van der Waals surface area contributed by atoms with Crippen LogP contribution in [-0.2, 0) is 16.0 Å². The zero-order chi connectivity index (χ0) is 14.0. The Balaban J connectivity index is 2.05. The maximum Gasteiger partial charge on any atom is 0.331 e. The number of imide groups is 2. The molecule has 19 heavy (non-hydrogen) atoms. The third-order valence-corrected chi connectivity index (χ3v) is 2.65. The van der Waals surface area contributed by atoms with E-state index in [-0.39, 0.29) is 18.7 Å². The van der Waals surface area contributed by atoms with E-state index in [1.165, 1.54) is 18.2 Å². The van der Waals surface area contributed by atoms with Crippen molar-refractivity contribution < 1.29 is 19.3 Å². The fraction of sp³-hybridized carbons (Fsp3) is 0.182. The first kappa shape index (κ1) is 12.7. The molecule has 0 saturated carbocycles. The molecule has 0 atom stereocenters. The Kier molecular flexibility index (Phi) is 3.23. The van der Waals surface area contributed by atoms with E-state index in [1.54, 1.807) is 6.07 Å². The van der Waals surface area contributed by atoms with Gasteiger partial charge in [-0.05, 0) is 12.0 Å². The van der Waals surface area contributed by atoms with Crippen LogP contribution in [0.15, 0.2) is 24.3 Å². The van der Waals surface area contributed by atoms with E-state index in [4.69, 9.17) is 0 Å². The lowest BCUT2D eigenvalue weighted by atomic mass is 10.1. The summed E-state index contributed by atoms with van der Waals surface area (Å²) in [6.45, 7) is -0.00241. The molecule has 1 aliphatic heterocycles. The zero-order valence-electron chi connectivity index (χ0n) is 9.66. The van der Waals surface area contributed by atoms with Gasteiger partial charge in [0.2, 0.25) is 0 Å². The highest BCUT2D eigenvalue weighted by Gasteiger charge is 2.36. The molecular weight excluding hydrogens is 254 g/mol. The molecule has 8 heteroatoms. The van der Waals surface area contributed by atoms with Crippen molar-refractivity contribution >= 4 is 23.5 Å². The standard InChI is InChI=1S/C11H9N3O5/c15-9-10(16)13(11(17)12-9)5-4-7-2-1-3-8(6-7)14(18)19/h1-3,6H,4-5H2,(H,12,15,17). The molecule has 1 fully saturated rings. The van der Waals surface area contributed by atoms with Gasteiger partial charge in [-0.2, -0.15) is 0 Å². The summed E-state index contributed by atoms with van der Waals surface area (Å²) in [6, 6.07) is 5.11. The number of rotatable bonds is 4. The number of hydrogen-bond acceptors (Lipinski definition) is 5. The average molecular weight is 263 g/mol. The number of carbonyl (C=O) groups is 3. The average Bonchev–Trinajstić information content (AvgIpc) is 2.61. The molecule has 4 amide bonds. The minimum absolute atomic E-state index is 0.00241. The van der Waals surface area contributed by atoms with Crippen molar-refractivity contribution in [2.45, 2.75) is 6.42 Å². The fourth-order valence-electron chi connectivity index (χ4n) is 1.70. The molecule has 2 rings (SSSR count). The number of carbonyl (C=O) groups excluding carboxylic acids is 3. The molecule has 1 aromatic rings. The highest BCUT2D eigenvalue weighted by molar-refractivity contribution is 6.44. The number of amides is 4. The molecule has 1 N–H and O–H groups in total. The number of nitro benzene ring substituents is 1. The quantitative estimate of drug-likeness (QED) is 0.361. The number of non-ortho nitro benzene ring substituents is 1. The van der Waals surface area contributed by atoms with Crippen LogP contribution in [0.1, 0.15) is 5.56 Å². The number of benzene rings is 1. The minimum atomic E-state index is -0.955. The van der Waals surface area contributed by atoms with Gasteiger partial charge in [0.05, 0.1) is 4.92 Å². The van der Waals surface area contributed by atoms with Crippen molar-refractivity contribution in [3.8, 4) is 0 Å². The largest absolute Gasteiger partial charge is 0.331 e. The SMILES string of the molecule is O=C1NC(=O)N(CCc2cccc([N+](=O)[O-])c2)C1=O. The van der Waals surface area contributed by atoms with E-state index in [2.05, 4.69) is 0 Å². The molecule has 1 heterocycles. The Morgan fingerprint density at radius 2 is 2.00 bits per heavy atom. The molecule has 8 nitrogen and oxygen atoms in total. The van der Waals surface area contributed by atoms with Crippen LogP contribution in [0.4, 0.5) is 10.5 Å². The number of nitrogens with one attached hydrogen (secondary N) is 1. The first-order valence-corrected chi connectivity index (χ1v) is 5.39. The maximum absolute atomic E-state index is 11.3. The van der Waals surface area contributed by atoms with Crippen LogP contribution in [0.5, 0.6) is 0 Å². The van der Waals surface area contributed by atoms with Gasteiger partial charge in [0.1, 0.15) is 0 Å². The van der Waals surface area contributed by atoms with Gasteiger partial charge in [-0.3, -0.25) is 29.9 Å². The summed E-state index contributed by atoms with van der Waals surface area (Å²) in [6.07, 6.45) is 0.244. The van der Waals surface area contributed by atoms with E-state index in [1.807, 2.05) is 5.32 Å². The number of nitrogens with zero attached hydrogens (tertiary/aromatic N) is 2. The van der Waals surface area contributed by atoms with Gasteiger partial charge >= 0.3 is 17.8 Å². The minimum Gasteiger partial charge on any atom is -0.269 e. The predicted octanol–water partition coefficient (Wildman–Crippen LogP) is 0.216. The van der Waals surface area contributed by atoms with Gasteiger partial charge in [-0.25, -0.2) is 4.79 Å². The number of hydrogen-bond donors (Lipinski definition) is 1. The van der Waals surface area contributed by atoms with Crippen LogP contribution in [0.25, 0.3) is 0 Å². The van der Waals surface area contributed by atoms with Crippen LogP contribution >= 0.6 is 0 Å². The molecule has 0 bridgehead atoms. The van der Waals surface area contributed by atoms with Gasteiger partial charge in [0.15, 0.2) is 0 Å². The van der Waals surface area contributed by atoms with Crippen LogP contribution in [-0.4, -0.2) is 34.2 Å². The fourth-order valence-corrected chi connectivity index (χ4v) is 1.70. The van der Waals surface area contributed by atoms with Crippen molar-refractivity contribution in [2.75, 3.05) is 6.54 Å². The number of urea groups is 1. The normalized spacial score (nSPS) is 14.7. The predicted molar refractivity (Wildman–Crippen MR) is 62.1 cm³/mol. The first-order valence-electron chi connectivity index (χ1n) is 5.39. The molecule has 0 aromatic heterocycles. The highest BCUT2D eigenvalue weighted by Crippen LogP contribution is 2.14. The van der Waals surface area contributed by atoms with Crippen LogP contribution in [0, 0.1) is 10.1 Å². The van der Waals surface area contributed by atoms with E-state index in [0.29, 0.717) is 5.56 Å². The van der Waals surface area contributed by atoms with Crippen molar-refractivity contribution in [3.05, 3.63) is 39.9 Å². The highest BCUT2D eigenvalue weighted by atomic mass is 16.6. The van der Waals surface area contributed by atoms with Gasteiger partial charge < -0.3 is 0 Å². The van der Waals surface area contributed by atoms with Gasteiger partial charge in [0, 0.05) is 18.7 Å². The lowest BCUT2D eigenvalue weighted by Gasteiger charge is -2.10. The van der Waals surface area contributed by atoms with E-state index < -0.39 is 22.8 Å². The van der Waals surface area contributed by atoms with Crippen LogP contribution in [0.3, 0.4) is 0 Å². The van der Waals surface area contributed by atoms with Crippen LogP contribution in [0.2, 0.25) is 0 Å². The summed E-state index contributed by atoms with van der Waals surface area (Å²) in [7, 11) is 0. The third-order valence-electron chi connectivity index (χ3n) is 2.65. The summed E-state index contributed by atoms with van der Waals surface area (Å²) < 4.78 is 0. The molecule has 1 aromatic carbocycles. The Hall–Kier alpha value is -2.77. The molecule has 98 valence electrons. The summed E-state index contributed by atoms with van der Waals surface area (Å²) in [5, 5.41) is 12.5. The Morgan fingerprint density at radius 1 is 1.26 bits per heavy atom. The van der Waals surface area contributed by atoms with E-state index in [0.717, 1.165) is 4.90 Å². The molecule has 1 aliphatic rings. The molecule has 1 saturated heterocycles. The Bertz CT molecular complexity index is 583. The van der Waals surface area contributed by atoms with E-state index >= 15 is 0 Å². The number of nitro groups is 1. The molecule has 0 radical (unpaired) electrons. The van der Waals surface area contributed by atoms with Gasteiger partial charge in [0.25, 0.3) is 5.69 Å². The molecule has 0 unspecified atom stereocenters.